The monoisotopic (exact) mass is 250 g/mol. The van der Waals surface area contributed by atoms with Crippen molar-refractivity contribution in [3.8, 4) is 0 Å². The topological polar surface area (TPSA) is 45.5 Å². The number of ether oxygens (including phenoxy) is 1. The molecule has 1 aromatic rings. The molecular formula is C12H19BN2O3. The van der Waals surface area contributed by atoms with Crippen molar-refractivity contribution in [3.05, 3.63) is 11.9 Å². The molecule has 98 valence electrons. The van der Waals surface area contributed by atoms with Gasteiger partial charge in [-0.05, 0) is 27.7 Å². The summed E-state index contributed by atoms with van der Waals surface area (Å²) >= 11 is 0. The lowest BCUT2D eigenvalue weighted by Crippen LogP contribution is -2.41. The summed E-state index contributed by atoms with van der Waals surface area (Å²) in [5, 5.41) is 4.37. The minimum atomic E-state index is -0.347. The Labute approximate surface area is 108 Å². The number of fused-ring (bicyclic) bond motifs is 1. The van der Waals surface area contributed by atoms with Gasteiger partial charge in [0.2, 0.25) is 0 Å². The Bertz CT molecular complexity index is 454. The molecule has 0 saturated carbocycles. The molecule has 0 aromatic carbocycles. The predicted octanol–water partition coefficient (Wildman–Crippen LogP) is 0.712. The van der Waals surface area contributed by atoms with E-state index >= 15 is 0 Å². The first-order valence-corrected chi connectivity index (χ1v) is 6.39. The largest absolute Gasteiger partial charge is 0.498 e. The molecule has 3 heterocycles. The van der Waals surface area contributed by atoms with Crippen molar-refractivity contribution in [1.29, 1.82) is 0 Å². The Morgan fingerprint density at radius 1 is 1.22 bits per heavy atom. The normalized spacial score (nSPS) is 25.2. The lowest BCUT2D eigenvalue weighted by molar-refractivity contribution is 0.00578. The second-order valence-corrected chi connectivity index (χ2v) is 5.91. The fourth-order valence-electron chi connectivity index (χ4n) is 2.26. The zero-order valence-corrected chi connectivity index (χ0v) is 11.4. The maximum atomic E-state index is 6.04. The first kappa shape index (κ1) is 12.2. The van der Waals surface area contributed by atoms with E-state index in [1.807, 2.05) is 10.9 Å². The summed E-state index contributed by atoms with van der Waals surface area (Å²) in [6.45, 7) is 10.3. The van der Waals surface area contributed by atoms with Gasteiger partial charge in [-0.1, -0.05) is 0 Å². The molecule has 3 rings (SSSR count). The molecule has 1 aromatic heterocycles. The third kappa shape index (κ3) is 1.71. The summed E-state index contributed by atoms with van der Waals surface area (Å²) < 4.78 is 19.5. The zero-order chi connectivity index (χ0) is 13.0. The van der Waals surface area contributed by atoms with Gasteiger partial charge in [0.1, 0.15) is 0 Å². The molecule has 0 bridgehead atoms. The van der Waals surface area contributed by atoms with Crippen LogP contribution in [-0.4, -0.2) is 34.7 Å². The van der Waals surface area contributed by atoms with Crippen LogP contribution in [0.3, 0.4) is 0 Å². The van der Waals surface area contributed by atoms with Crippen molar-refractivity contribution in [2.75, 3.05) is 6.61 Å². The molecule has 2 aliphatic rings. The summed E-state index contributed by atoms with van der Waals surface area (Å²) in [5.41, 5.74) is 1.43. The Balaban J connectivity index is 1.91. The lowest BCUT2D eigenvalue weighted by Gasteiger charge is -2.32. The molecule has 0 N–H and O–H groups in total. The van der Waals surface area contributed by atoms with E-state index in [1.54, 1.807) is 0 Å². The van der Waals surface area contributed by atoms with Gasteiger partial charge in [-0.15, -0.1) is 0 Å². The van der Waals surface area contributed by atoms with Crippen LogP contribution in [-0.2, 0) is 27.2 Å². The minimum absolute atomic E-state index is 0.317. The summed E-state index contributed by atoms with van der Waals surface area (Å²) in [6.07, 6.45) is 1.84. The number of nitrogens with zero attached hydrogens (tertiary/aromatic N) is 2. The second kappa shape index (κ2) is 3.82. The molecule has 6 heteroatoms. The molecule has 0 atom stereocenters. The highest BCUT2D eigenvalue weighted by Gasteiger charge is 2.52. The van der Waals surface area contributed by atoms with Crippen LogP contribution >= 0.6 is 0 Å². The molecule has 0 radical (unpaired) electrons. The van der Waals surface area contributed by atoms with Gasteiger partial charge >= 0.3 is 7.12 Å². The molecule has 0 spiro atoms. The van der Waals surface area contributed by atoms with Crippen LogP contribution in [0.15, 0.2) is 6.20 Å². The van der Waals surface area contributed by atoms with Gasteiger partial charge in [-0.3, -0.25) is 4.68 Å². The quantitative estimate of drug-likeness (QED) is 0.689. The molecule has 2 aliphatic heterocycles. The Morgan fingerprint density at radius 2 is 1.89 bits per heavy atom. The van der Waals surface area contributed by atoms with Crippen LogP contribution in [0.2, 0.25) is 0 Å². The fourth-order valence-corrected chi connectivity index (χ4v) is 2.26. The standard InChI is InChI=1S/C12H19BN2O3/c1-11(2)12(3,4)18-13(17-11)9-7-14-15-5-6-16-8-10(9)15/h7H,5-6,8H2,1-4H3. The number of hydrogen-bond donors (Lipinski definition) is 0. The van der Waals surface area contributed by atoms with Crippen molar-refractivity contribution in [1.82, 2.24) is 9.78 Å². The average Bonchev–Trinajstić information content (AvgIpc) is 2.78. The average molecular weight is 250 g/mol. The van der Waals surface area contributed by atoms with E-state index in [0.29, 0.717) is 6.61 Å². The first-order chi connectivity index (χ1) is 8.41. The van der Waals surface area contributed by atoms with Crippen LogP contribution in [0, 0.1) is 0 Å². The molecule has 0 unspecified atom stereocenters. The molecule has 0 amide bonds. The van der Waals surface area contributed by atoms with E-state index in [-0.39, 0.29) is 18.3 Å². The van der Waals surface area contributed by atoms with Gasteiger partial charge < -0.3 is 14.0 Å². The highest BCUT2D eigenvalue weighted by atomic mass is 16.7. The van der Waals surface area contributed by atoms with Crippen LogP contribution in [0.5, 0.6) is 0 Å². The third-order valence-corrected chi connectivity index (χ3v) is 4.17. The van der Waals surface area contributed by atoms with Crippen molar-refractivity contribution < 1.29 is 14.0 Å². The smallest absolute Gasteiger partial charge is 0.399 e. The first-order valence-electron chi connectivity index (χ1n) is 6.39. The number of aromatic nitrogens is 2. The van der Waals surface area contributed by atoms with E-state index in [0.717, 1.165) is 24.3 Å². The van der Waals surface area contributed by atoms with E-state index < -0.39 is 0 Å². The van der Waals surface area contributed by atoms with Crippen LogP contribution in [0.4, 0.5) is 0 Å². The van der Waals surface area contributed by atoms with Crippen molar-refractivity contribution >= 4 is 12.6 Å². The molecule has 0 aliphatic carbocycles. The molecule has 5 nitrogen and oxygen atoms in total. The second-order valence-electron chi connectivity index (χ2n) is 5.91. The highest BCUT2D eigenvalue weighted by molar-refractivity contribution is 6.62. The zero-order valence-electron chi connectivity index (χ0n) is 11.4. The Morgan fingerprint density at radius 3 is 2.56 bits per heavy atom. The van der Waals surface area contributed by atoms with Gasteiger partial charge in [-0.2, -0.15) is 5.10 Å². The van der Waals surface area contributed by atoms with Gasteiger partial charge in [0.15, 0.2) is 0 Å². The summed E-state index contributed by atoms with van der Waals surface area (Å²) in [6, 6.07) is 0. The van der Waals surface area contributed by atoms with E-state index in [1.165, 1.54) is 0 Å². The van der Waals surface area contributed by atoms with Gasteiger partial charge in [0.05, 0.1) is 36.7 Å². The van der Waals surface area contributed by atoms with Crippen molar-refractivity contribution in [2.24, 2.45) is 0 Å². The van der Waals surface area contributed by atoms with Crippen LogP contribution in [0.1, 0.15) is 33.4 Å². The number of hydrogen-bond acceptors (Lipinski definition) is 4. The van der Waals surface area contributed by atoms with Crippen molar-refractivity contribution in [3.63, 3.8) is 0 Å². The molecule has 1 saturated heterocycles. The van der Waals surface area contributed by atoms with Gasteiger partial charge in [-0.25, -0.2) is 0 Å². The van der Waals surface area contributed by atoms with E-state index in [9.17, 15) is 0 Å². The van der Waals surface area contributed by atoms with Gasteiger partial charge in [0.25, 0.3) is 0 Å². The summed E-state index contributed by atoms with van der Waals surface area (Å²) in [4.78, 5) is 0. The maximum Gasteiger partial charge on any atom is 0.498 e. The lowest BCUT2D eigenvalue weighted by atomic mass is 9.79. The van der Waals surface area contributed by atoms with Crippen molar-refractivity contribution in [2.45, 2.75) is 52.0 Å². The molecule has 18 heavy (non-hydrogen) atoms. The molecular weight excluding hydrogens is 231 g/mol. The minimum Gasteiger partial charge on any atom is -0.399 e. The Kier molecular flexibility index (Phi) is 2.59. The summed E-state index contributed by atoms with van der Waals surface area (Å²) in [7, 11) is -0.347. The van der Waals surface area contributed by atoms with Crippen LogP contribution in [0.25, 0.3) is 0 Å². The van der Waals surface area contributed by atoms with Gasteiger partial charge in [0, 0.05) is 11.7 Å². The summed E-state index contributed by atoms with van der Waals surface area (Å²) in [5.74, 6) is 0. The maximum absolute atomic E-state index is 6.04. The fraction of sp³-hybridized carbons (Fsp3) is 0.750. The number of rotatable bonds is 1. The van der Waals surface area contributed by atoms with E-state index in [2.05, 4.69) is 32.8 Å². The molecule has 1 fully saturated rings. The third-order valence-electron chi connectivity index (χ3n) is 4.17. The van der Waals surface area contributed by atoms with E-state index in [4.69, 9.17) is 14.0 Å². The SMILES string of the molecule is CC1(C)OB(c2cnn3c2COCC3)OC1(C)C. The Hall–Kier alpha value is -0.845. The highest BCUT2D eigenvalue weighted by Crippen LogP contribution is 2.36. The van der Waals surface area contributed by atoms with Crippen LogP contribution < -0.4 is 5.46 Å². The predicted molar refractivity (Wildman–Crippen MR) is 67.6 cm³/mol.